The molecule has 1 saturated heterocycles. The molecule has 1 amide bonds. The van der Waals surface area contributed by atoms with Gasteiger partial charge in [-0.2, -0.15) is 0 Å². The maximum atomic E-state index is 12.6. The standard InChI is InChI=1S/C16H25N3O2/c1-12-4-5-13(17)10-14(12)15(20)19-8-6-18(7-9-19)11-16(2,3)21/h4-5,10,21H,6-9,11,17H2,1-3H3. The van der Waals surface area contributed by atoms with Crippen molar-refractivity contribution in [2.45, 2.75) is 26.4 Å². The number of aliphatic hydroxyl groups is 1. The second kappa shape index (κ2) is 6.03. The summed E-state index contributed by atoms with van der Waals surface area (Å²) in [7, 11) is 0. The predicted molar refractivity (Wildman–Crippen MR) is 84.2 cm³/mol. The zero-order chi connectivity index (χ0) is 15.6. The first-order valence-electron chi connectivity index (χ1n) is 7.36. The van der Waals surface area contributed by atoms with Crippen molar-refractivity contribution in [3.63, 3.8) is 0 Å². The number of carbonyl (C=O) groups excluding carboxylic acids is 1. The van der Waals surface area contributed by atoms with Crippen molar-refractivity contribution in [3.05, 3.63) is 29.3 Å². The second-order valence-electron chi connectivity index (χ2n) is 6.46. The number of nitrogens with zero attached hydrogens (tertiary/aromatic N) is 2. The lowest BCUT2D eigenvalue weighted by Crippen LogP contribution is -2.52. The third kappa shape index (κ3) is 4.19. The molecule has 0 bridgehead atoms. The largest absolute Gasteiger partial charge is 0.399 e. The molecule has 1 aliphatic rings. The summed E-state index contributed by atoms with van der Waals surface area (Å²) in [4.78, 5) is 16.6. The Hall–Kier alpha value is -1.59. The highest BCUT2D eigenvalue weighted by molar-refractivity contribution is 5.96. The van der Waals surface area contributed by atoms with E-state index in [-0.39, 0.29) is 5.91 Å². The topological polar surface area (TPSA) is 69.8 Å². The lowest BCUT2D eigenvalue weighted by Gasteiger charge is -2.37. The average Bonchev–Trinajstić information content (AvgIpc) is 2.40. The van der Waals surface area contributed by atoms with E-state index < -0.39 is 5.60 Å². The number of rotatable bonds is 3. The molecule has 0 radical (unpaired) electrons. The molecule has 1 heterocycles. The van der Waals surface area contributed by atoms with Crippen molar-refractivity contribution >= 4 is 11.6 Å². The molecule has 0 aromatic heterocycles. The second-order valence-corrected chi connectivity index (χ2v) is 6.46. The molecule has 2 rings (SSSR count). The molecule has 0 spiro atoms. The van der Waals surface area contributed by atoms with Crippen molar-refractivity contribution in [2.24, 2.45) is 0 Å². The number of anilines is 1. The van der Waals surface area contributed by atoms with Gasteiger partial charge in [0.15, 0.2) is 0 Å². The Morgan fingerprint density at radius 1 is 1.29 bits per heavy atom. The van der Waals surface area contributed by atoms with Crippen LogP contribution in [0.4, 0.5) is 5.69 Å². The van der Waals surface area contributed by atoms with Gasteiger partial charge in [0.05, 0.1) is 5.60 Å². The highest BCUT2D eigenvalue weighted by Gasteiger charge is 2.26. The molecule has 1 fully saturated rings. The van der Waals surface area contributed by atoms with Gasteiger partial charge < -0.3 is 15.7 Å². The van der Waals surface area contributed by atoms with E-state index in [1.54, 1.807) is 19.9 Å². The Labute approximate surface area is 126 Å². The van der Waals surface area contributed by atoms with Crippen molar-refractivity contribution in [1.82, 2.24) is 9.80 Å². The third-order valence-corrected chi connectivity index (χ3v) is 3.76. The summed E-state index contributed by atoms with van der Waals surface area (Å²) >= 11 is 0. The summed E-state index contributed by atoms with van der Waals surface area (Å²) < 4.78 is 0. The quantitative estimate of drug-likeness (QED) is 0.818. The van der Waals surface area contributed by atoms with Crippen LogP contribution in [0.3, 0.4) is 0 Å². The minimum absolute atomic E-state index is 0.0442. The van der Waals surface area contributed by atoms with E-state index in [0.29, 0.717) is 30.9 Å². The Morgan fingerprint density at radius 3 is 2.48 bits per heavy atom. The number of nitrogens with two attached hydrogens (primary N) is 1. The van der Waals surface area contributed by atoms with Crippen LogP contribution in [-0.4, -0.2) is 59.1 Å². The normalized spacial score (nSPS) is 17.0. The van der Waals surface area contributed by atoms with E-state index in [0.717, 1.165) is 18.7 Å². The fourth-order valence-electron chi connectivity index (χ4n) is 2.70. The summed E-state index contributed by atoms with van der Waals surface area (Å²) in [5, 5.41) is 9.85. The Kier molecular flexibility index (Phi) is 4.54. The van der Waals surface area contributed by atoms with Gasteiger partial charge in [0.2, 0.25) is 0 Å². The van der Waals surface area contributed by atoms with Crippen LogP contribution >= 0.6 is 0 Å². The summed E-state index contributed by atoms with van der Waals surface area (Å²) in [6, 6.07) is 5.45. The molecule has 3 N–H and O–H groups in total. The molecule has 5 heteroatoms. The molecule has 0 atom stereocenters. The number of aryl methyl sites for hydroxylation is 1. The van der Waals surface area contributed by atoms with Gasteiger partial charge >= 0.3 is 0 Å². The molecule has 0 aliphatic carbocycles. The number of β-amino-alcohol motifs (C(OH)–C–C–N with tert-alkyl or cyclic N) is 1. The molecule has 0 saturated carbocycles. The summed E-state index contributed by atoms with van der Waals surface area (Å²) in [5.74, 6) is 0.0442. The van der Waals surface area contributed by atoms with E-state index in [2.05, 4.69) is 4.90 Å². The zero-order valence-corrected chi connectivity index (χ0v) is 13.1. The van der Waals surface area contributed by atoms with Crippen LogP contribution in [0, 0.1) is 6.92 Å². The van der Waals surface area contributed by atoms with Crippen molar-refractivity contribution in [3.8, 4) is 0 Å². The molecule has 1 aromatic rings. The first kappa shape index (κ1) is 15.8. The van der Waals surface area contributed by atoms with E-state index in [1.165, 1.54) is 0 Å². The fourth-order valence-corrected chi connectivity index (χ4v) is 2.70. The van der Waals surface area contributed by atoms with Crippen molar-refractivity contribution in [2.75, 3.05) is 38.5 Å². The summed E-state index contributed by atoms with van der Waals surface area (Å²) in [5.41, 5.74) is 7.34. The van der Waals surface area contributed by atoms with Gasteiger partial charge in [-0.25, -0.2) is 0 Å². The van der Waals surface area contributed by atoms with E-state index in [1.807, 2.05) is 24.0 Å². The van der Waals surface area contributed by atoms with Crippen LogP contribution in [0.1, 0.15) is 29.8 Å². The minimum atomic E-state index is -0.698. The highest BCUT2D eigenvalue weighted by atomic mass is 16.3. The summed E-state index contributed by atoms with van der Waals surface area (Å²) in [6.45, 7) is 9.12. The molecular formula is C16H25N3O2. The van der Waals surface area contributed by atoms with Crippen LogP contribution in [0.5, 0.6) is 0 Å². The number of carbonyl (C=O) groups is 1. The van der Waals surface area contributed by atoms with Crippen LogP contribution < -0.4 is 5.73 Å². The SMILES string of the molecule is Cc1ccc(N)cc1C(=O)N1CCN(CC(C)(C)O)CC1. The van der Waals surface area contributed by atoms with Gasteiger partial charge in [-0.05, 0) is 38.5 Å². The smallest absolute Gasteiger partial charge is 0.254 e. The minimum Gasteiger partial charge on any atom is -0.399 e. The molecule has 1 aromatic carbocycles. The number of benzene rings is 1. The predicted octanol–water partition coefficient (Wildman–Crippen LogP) is 1.11. The molecule has 1 aliphatic heterocycles. The Morgan fingerprint density at radius 2 is 1.90 bits per heavy atom. The van der Waals surface area contributed by atoms with Gasteiger partial charge in [-0.3, -0.25) is 9.69 Å². The first-order valence-corrected chi connectivity index (χ1v) is 7.36. The van der Waals surface area contributed by atoms with E-state index in [9.17, 15) is 9.90 Å². The van der Waals surface area contributed by atoms with Crippen molar-refractivity contribution < 1.29 is 9.90 Å². The highest BCUT2D eigenvalue weighted by Crippen LogP contribution is 2.17. The van der Waals surface area contributed by atoms with E-state index in [4.69, 9.17) is 5.73 Å². The third-order valence-electron chi connectivity index (χ3n) is 3.76. The molecule has 21 heavy (non-hydrogen) atoms. The Balaban J connectivity index is 1.99. The zero-order valence-electron chi connectivity index (χ0n) is 13.1. The number of hydrogen-bond acceptors (Lipinski definition) is 4. The van der Waals surface area contributed by atoms with Gasteiger partial charge in [0, 0.05) is 44.0 Å². The number of hydrogen-bond donors (Lipinski definition) is 2. The van der Waals surface area contributed by atoms with Gasteiger partial charge in [0.25, 0.3) is 5.91 Å². The number of nitrogen functional groups attached to an aromatic ring is 1. The molecule has 5 nitrogen and oxygen atoms in total. The maximum absolute atomic E-state index is 12.6. The van der Waals surface area contributed by atoms with E-state index >= 15 is 0 Å². The van der Waals surface area contributed by atoms with Crippen molar-refractivity contribution in [1.29, 1.82) is 0 Å². The van der Waals surface area contributed by atoms with Crippen LogP contribution in [0.15, 0.2) is 18.2 Å². The lowest BCUT2D eigenvalue weighted by molar-refractivity contribution is 0.0178. The van der Waals surface area contributed by atoms with Gasteiger partial charge in [0.1, 0.15) is 0 Å². The van der Waals surface area contributed by atoms with Gasteiger partial charge in [-0.1, -0.05) is 6.07 Å². The molecular weight excluding hydrogens is 266 g/mol. The number of piperazine rings is 1. The monoisotopic (exact) mass is 291 g/mol. The van der Waals surface area contributed by atoms with Crippen LogP contribution in [-0.2, 0) is 0 Å². The average molecular weight is 291 g/mol. The Bertz CT molecular complexity index is 515. The van der Waals surface area contributed by atoms with Crippen LogP contribution in [0.2, 0.25) is 0 Å². The maximum Gasteiger partial charge on any atom is 0.254 e. The summed E-state index contributed by atoms with van der Waals surface area (Å²) in [6.07, 6.45) is 0. The van der Waals surface area contributed by atoms with Gasteiger partial charge in [-0.15, -0.1) is 0 Å². The lowest BCUT2D eigenvalue weighted by atomic mass is 10.1. The first-order chi connectivity index (χ1) is 9.76. The molecule has 116 valence electrons. The fraction of sp³-hybridized carbons (Fsp3) is 0.562. The number of amides is 1. The van der Waals surface area contributed by atoms with Crippen LogP contribution in [0.25, 0.3) is 0 Å². The molecule has 0 unspecified atom stereocenters.